The molecule has 5 unspecified atom stereocenters. The summed E-state index contributed by atoms with van der Waals surface area (Å²) in [5.74, 6) is 1.13. The topological polar surface area (TPSA) is 78.4 Å². The van der Waals surface area contributed by atoms with Gasteiger partial charge in [0.25, 0.3) is 0 Å². The Morgan fingerprint density at radius 3 is 2.24 bits per heavy atom. The molecule has 120 valence electrons. The lowest BCUT2D eigenvalue weighted by atomic mass is 9.84. The van der Waals surface area contributed by atoms with Gasteiger partial charge in [0.15, 0.2) is 0 Å². The molecule has 0 radical (unpaired) electrons. The van der Waals surface area contributed by atoms with Gasteiger partial charge in [-0.15, -0.1) is 0 Å². The van der Waals surface area contributed by atoms with Crippen molar-refractivity contribution in [1.82, 2.24) is 10.6 Å². The molecule has 2 aliphatic carbocycles. The van der Waals surface area contributed by atoms with E-state index in [0.29, 0.717) is 5.92 Å². The summed E-state index contributed by atoms with van der Waals surface area (Å²) in [6, 6.07) is -1.15. The first-order valence-electron chi connectivity index (χ1n) is 7.98. The zero-order chi connectivity index (χ0) is 15.8. The Balaban J connectivity index is 1.87. The van der Waals surface area contributed by atoms with Crippen LogP contribution < -0.4 is 10.6 Å². The molecule has 5 atom stereocenters. The molecule has 0 spiro atoms. The maximum Gasteiger partial charge on any atom is 0.326 e. The van der Waals surface area contributed by atoms with Crippen LogP contribution in [0, 0.1) is 23.2 Å². The van der Waals surface area contributed by atoms with Crippen LogP contribution in [0.4, 0.5) is 4.79 Å². The molecular formula is C16H28N2O3. The molecule has 0 saturated heterocycles. The van der Waals surface area contributed by atoms with E-state index in [4.69, 9.17) is 0 Å². The van der Waals surface area contributed by atoms with Gasteiger partial charge in [0, 0.05) is 6.04 Å². The van der Waals surface area contributed by atoms with Crippen molar-refractivity contribution in [3.05, 3.63) is 0 Å². The summed E-state index contributed by atoms with van der Waals surface area (Å²) in [6.07, 6.45) is 5.12. The second kappa shape index (κ2) is 5.85. The van der Waals surface area contributed by atoms with Gasteiger partial charge in [-0.3, -0.25) is 0 Å². The van der Waals surface area contributed by atoms with E-state index in [2.05, 4.69) is 10.6 Å². The molecule has 2 rings (SSSR count). The summed E-state index contributed by atoms with van der Waals surface area (Å²) in [7, 11) is 0. The lowest BCUT2D eigenvalue weighted by Crippen LogP contribution is -2.54. The molecule has 0 aromatic rings. The molecule has 0 aliphatic heterocycles. The lowest BCUT2D eigenvalue weighted by molar-refractivity contribution is -0.141. The van der Waals surface area contributed by atoms with Crippen LogP contribution in [0.3, 0.4) is 0 Å². The van der Waals surface area contributed by atoms with Crippen molar-refractivity contribution in [3.63, 3.8) is 0 Å². The van der Waals surface area contributed by atoms with Gasteiger partial charge in [-0.05, 0) is 49.4 Å². The number of urea groups is 1. The van der Waals surface area contributed by atoms with Gasteiger partial charge in [-0.2, -0.15) is 0 Å². The highest BCUT2D eigenvalue weighted by Gasteiger charge is 2.42. The number of fused-ring (bicyclic) bond motifs is 2. The molecule has 21 heavy (non-hydrogen) atoms. The molecule has 0 aromatic carbocycles. The van der Waals surface area contributed by atoms with Gasteiger partial charge in [-0.1, -0.05) is 27.2 Å². The van der Waals surface area contributed by atoms with Crippen molar-refractivity contribution in [2.24, 2.45) is 23.2 Å². The Bertz CT molecular complexity index is 416. The van der Waals surface area contributed by atoms with Crippen LogP contribution in [0.25, 0.3) is 0 Å². The molecule has 2 aliphatic rings. The van der Waals surface area contributed by atoms with Crippen LogP contribution in [-0.2, 0) is 4.79 Å². The van der Waals surface area contributed by atoms with E-state index in [1.54, 1.807) is 0 Å². The number of hydrogen-bond acceptors (Lipinski definition) is 2. The van der Waals surface area contributed by atoms with E-state index in [1.807, 2.05) is 27.7 Å². The smallest absolute Gasteiger partial charge is 0.326 e. The van der Waals surface area contributed by atoms with Gasteiger partial charge < -0.3 is 15.7 Å². The Morgan fingerprint density at radius 2 is 1.81 bits per heavy atom. The molecular weight excluding hydrogens is 268 g/mol. The zero-order valence-corrected chi connectivity index (χ0v) is 13.5. The Labute approximate surface area is 126 Å². The first-order valence-corrected chi connectivity index (χ1v) is 7.98. The third-order valence-corrected chi connectivity index (χ3v) is 5.18. The number of aliphatic carboxylic acids is 1. The van der Waals surface area contributed by atoms with Crippen molar-refractivity contribution in [2.75, 3.05) is 0 Å². The highest BCUT2D eigenvalue weighted by atomic mass is 16.4. The summed E-state index contributed by atoms with van der Waals surface area (Å²) in [6.45, 7) is 7.47. The second-order valence-corrected chi connectivity index (χ2v) is 7.88. The number of carbonyl (C=O) groups excluding carboxylic acids is 1. The van der Waals surface area contributed by atoms with E-state index < -0.39 is 17.4 Å². The average molecular weight is 296 g/mol. The molecule has 5 nitrogen and oxygen atoms in total. The van der Waals surface area contributed by atoms with Gasteiger partial charge in [0.2, 0.25) is 0 Å². The third-order valence-electron chi connectivity index (χ3n) is 5.18. The van der Waals surface area contributed by atoms with Crippen LogP contribution in [-0.4, -0.2) is 29.2 Å². The van der Waals surface area contributed by atoms with Gasteiger partial charge in [0.05, 0.1) is 0 Å². The standard InChI is InChI=1S/C16H28N2O3/c1-9(12-8-10-5-6-11(12)7-10)17-15(21)18-13(14(19)20)16(2,3)4/h9-13H,5-8H2,1-4H3,(H,19,20)(H2,17,18,21). The van der Waals surface area contributed by atoms with Gasteiger partial charge in [-0.25, -0.2) is 9.59 Å². The predicted molar refractivity (Wildman–Crippen MR) is 80.9 cm³/mol. The third kappa shape index (κ3) is 3.69. The summed E-state index contributed by atoms with van der Waals surface area (Å²) >= 11 is 0. The maximum absolute atomic E-state index is 12.1. The van der Waals surface area contributed by atoms with E-state index in [-0.39, 0.29) is 12.1 Å². The average Bonchev–Trinajstić information content (AvgIpc) is 2.96. The molecule has 3 N–H and O–H groups in total. The molecule has 5 heteroatoms. The number of amides is 2. The van der Waals surface area contributed by atoms with Crippen molar-refractivity contribution >= 4 is 12.0 Å². The van der Waals surface area contributed by atoms with Gasteiger partial charge in [0.1, 0.15) is 6.04 Å². The highest BCUT2D eigenvalue weighted by Crippen LogP contribution is 2.49. The number of carboxylic acid groups (broad SMARTS) is 1. The number of rotatable bonds is 4. The fraction of sp³-hybridized carbons (Fsp3) is 0.875. The summed E-state index contributed by atoms with van der Waals surface area (Å²) in [5.41, 5.74) is -0.515. The molecule has 2 bridgehead atoms. The molecule has 2 saturated carbocycles. The summed E-state index contributed by atoms with van der Waals surface area (Å²) in [4.78, 5) is 23.4. The number of carbonyl (C=O) groups is 2. The van der Waals surface area contributed by atoms with Crippen molar-refractivity contribution in [3.8, 4) is 0 Å². The van der Waals surface area contributed by atoms with Gasteiger partial charge >= 0.3 is 12.0 Å². The van der Waals surface area contributed by atoms with Crippen molar-refractivity contribution < 1.29 is 14.7 Å². The predicted octanol–water partition coefficient (Wildman–Crippen LogP) is 2.61. The van der Waals surface area contributed by atoms with E-state index in [9.17, 15) is 14.7 Å². The fourth-order valence-electron chi connectivity index (χ4n) is 4.04. The van der Waals surface area contributed by atoms with Crippen LogP contribution in [0.2, 0.25) is 0 Å². The lowest BCUT2D eigenvalue weighted by Gasteiger charge is -2.31. The molecule has 2 amide bonds. The number of nitrogens with one attached hydrogen (secondary N) is 2. The maximum atomic E-state index is 12.1. The van der Waals surface area contributed by atoms with E-state index in [1.165, 1.54) is 25.7 Å². The van der Waals surface area contributed by atoms with Crippen LogP contribution in [0.15, 0.2) is 0 Å². The summed E-state index contributed by atoms with van der Waals surface area (Å²) < 4.78 is 0. The molecule has 0 aromatic heterocycles. The number of hydrogen-bond donors (Lipinski definition) is 3. The second-order valence-electron chi connectivity index (χ2n) is 7.88. The Kier molecular flexibility index (Phi) is 4.49. The van der Waals surface area contributed by atoms with Crippen LogP contribution >= 0.6 is 0 Å². The summed E-state index contributed by atoms with van der Waals surface area (Å²) in [5, 5.41) is 14.8. The quantitative estimate of drug-likeness (QED) is 0.746. The largest absolute Gasteiger partial charge is 0.480 e. The van der Waals surface area contributed by atoms with Crippen molar-refractivity contribution in [1.29, 1.82) is 0 Å². The molecule has 2 fully saturated rings. The van der Waals surface area contributed by atoms with E-state index in [0.717, 1.165) is 11.8 Å². The minimum atomic E-state index is -0.995. The van der Waals surface area contributed by atoms with Crippen LogP contribution in [0.5, 0.6) is 0 Å². The Hall–Kier alpha value is -1.26. The monoisotopic (exact) mass is 296 g/mol. The zero-order valence-electron chi connectivity index (χ0n) is 13.5. The first-order chi connectivity index (χ1) is 9.68. The molecule has 0 heterocycles. The minimum absolute atomic E-state index is 0.106. The minimum Gasteiger partial charge on any atom is -0.480 e. The van der Waals surface area contributed by atoms with Crippen LogP contribution in [0.1, 0.15) is 53.4 Å². The van der Waals surface area contributed by atoms with E-state index >= 15 is 0 Å². The SMILES string of the molecule is CC(NC(=O)NC(C(=O)O)C(C)(C)C)C1CC2CCC1C2. The first kappa shape index (κ1) is 16.1. The van der Waals surface area contributed by atoms with Crippen molar-refractivity contribution in [2.45, 2.75) is 65.5 Å². The number of carboxylic acids is 1. The Morgan fingerprint density at radius 1 is 1.14 bits per heavy atom. The highest BCUT2D eigenvalue weighted by molar-refractivity contribution is 5.83. The normalized spacial score (nSPS) is 30.8. The fourth-order valence-corrected chi connectivity index (χ4v) is 4.04.